The third-order valence-electron chi connectivity index (χ3n) is 2.09. The molecule has 0 aromatic heterocycles. The highest BCUT2D eigenvalue weighted by Crippen LogP contribution is 2.22. The second-order valence-corrected chi connectivity index (χ2v) is 2.89. The summed E-state index contributed by atoms with van der Waals surface area (Å²) in [5, 5.41) is 8.64. The van der Waals surface area contributed by atoms with Gasteiger partial charge in [0.15, 0.2) is 0 Å². The monoisotopic (exact) mass is 190 g/mol. The zero-order valence-corrected chi connectivity index (χ0v) is 7.30. The largest absolute Gasteiger partial charge is 0.394 e. The first-order chi connectivity index (χ1) is 6.75. The number of benzene rings is 1. The molecular weight excluding hydrogens is 182 g/mol. The standard InChI is InChI=1S/C10H8NO3/c12-6-5-11-9(13)7-3-1-2-4-8(7)10(11)14/h1-5,12H,6H2. The minimum Gasteiger partial charge on any atom is -0.394 e. The number of carbonyl (C=O) groups excluding carboxylic acids is 2. The Bertz CT molecular complexity index is 365. The van der Waals surface area contributed by atoms with Crippen molar-refractivity contribution in [1.29, 1.82) is 0 Å². The van der Waals surface area contributed by atoms with Crippen LogP contribution in [0.2, 0.25) is 0 Å². The van der Waals surface area contributed by atoms with Crippen molar-refractivity contribution in [2.75, 3.05) is 6.61 Å². The van der Waals surface area contributed by atoms with Crippen molar-refractivity contribution in [2.24, 2.45) is 0 Å². The summed E-state index contributed by atoms with van der Waals surface area (Å²) in [5.41, 5.74) is 0.782. The fourth-order valence-corrected chi connectivity index (χ4v) is 1.46. The lowest BCUT2D eigenvalue weighted by Crippen LogP contribution is -2.28. The van der Waals surface area contributed by atoms with Crippen LogP contribution in [0.1, 0.15) is 20.7 Å². The second kappa shape index (κ2) is 3.23. The van der Waals surface area contributed by atoms with Gasteiger partial charge < -0.3 is 5.11 Å². The Morgan fingerprint density at radius 1 is 1.14 bits per heavy atom. The molecule has 1 aromatic rings. The zero-order valence-electron chi connectivity index (χ0n) is 7.30. The quantitative estimate of drug-likeness (QED) is 0.688. The summed E-state index contributed by atoms with van der Waals surface area (Å²) < 4.78 is 0. The third kappa shape index (κ3) is 1.12. The fourth-order valence-electron chi connectivity index (χ4n) is 1.46. The number of hydrogen-bond donors (Lipinski definition) is 1. The highest BCUT2D eigenvalue weighted by molar-refractivity contribution is 6.21. The lowest BCUT2D eigenvalue weighted by Gasteiger charge is -2.09. The first-order valence-electron chi connectivity index (χ1n) is 4.17. The molecule has 2 rings (SSSR count). The molecule has 1 heterocycles. The van der Waals surface area contributed by atoms with Gasteiger partial charge in [-0.25, -0.2) is 0 Å². The van der Waals surface area contributed by atoms with Gasteiger partial charge in [0, 0.05) is 0 Å². The molecule has 0 fully saturated rings. The Labute approximate surface area is 80.8 Å². The molecular formula is C10H8NO3. The number of rotatable bonds is 2. The molecule has 1 aromatic carbocycles. The maximum atomic E-state index is 11.6. The summed E-state index contributed by atoms with van der Waals surface area (Å²) in [6, 6.07) is 6.60. The summed E-state index contributed by atoms with van der Waals surface area (Å²) in [6.45, 7) is 0.843. The number of nitrogens with zero attached hydrogens (tertiary/aromatic N) is 1. The molecule has 71 valence electrons. The summed E-state index contributed by atoms with van der Waals surface area (Å²) in [7, 11) is 0. The average Bonchev–Trinajstić information content (AvgIpc) is 2.45. The Morgan fingerprint density at radius 3 is 2.07 bits per heavy atom. The summed E-state index contributed by atoms with van der Waals surface area (Å²) in [6.07, 6.45) is 0. The number of carbonyl (C=O) groups is 2. The minimum atomic E-state index is -0.375. The van der Waals surface area contributed by atoms with Crippen LogP contribution < -0.4 is 0 Å². The van der Waals surface area contributed by atoms with Gasteiger partial charge in [0.05, 0.1) is 24.3 Å². The lowest BCUT2D eigenvalue weighted by molar-refractivity contribution is 0.0676. The van der Waals surface area contributed by atoms with E-state index in [1.165, 1.54) is 6.54 Å². The second-order valence-electron chi connectivity index (χ2n) is 2.89. The number of hydrogen-bond acceptors (Lipinski definition) is 3. The van der Waals surface area contributed by atoms with E-state index in [4.69, 9.17) is 5.11 Å². The Kier molecular flexibility index (Phi) is 2.05. The number of amides is 2. The fraction of sp³-hybridized carbons (Fsp3) is 0.100. The number of aliphatic hydroxyl groups excluding tert-OH is 1. The summed E-state index contributed by atoms with van der Waals surface area (Å²) in [5.74, 6) is -0.751. The molecule has 0 spiro atoms. The van der Waals surface area contributed by atoms with Gasteiger partial charge in [0.1, 0.15) is 0 Å². The molecule has 0 saturated carbocycles. The normalized spacial score (nSPS) is 14.8. The van der Waals surface area contributed by atoms with E-state index in [1.54, 1.807) is 24.3 Å². The first kappa shape index (κ1) is 8.90. The van der Waals surface area contributed by atoms with E-state index in [1.807, 2.05) is 0 Å². The molecule has 0 unspecified atom stereocenters. The maximum Gasteiger partial charge on any atom is 0.261 e. The molecule has 1 aliphatic heterocycles. The molecule has 0 saturated heterocycles. The predicted molar refractivity (Wildman–Crippen MR) is 48.3 cm³/mol. The molecule has 0 aliphatic carbocycles. The maximum absolute atomic E-state index is 11.6. The molecule has 0 atom stereocenters. The van der Waals surface area contributed by atoms with E-state index in [2.05, 4.69) is 0 Å². The van der Waals surface area contributed by atoms with Crippen LogP contribution in [0.25, 0.3) is 0 Å². The van der Waals surface area contributed by atoms with Crippen molar-refractivity contribution in [3.8, 4) is 0 Å². The van der Waals surface area contributed by atoms with E-state index in [9.17, 15) is 9.59 Å². The van der Waals surface area contributed by atoms with Gasteiger partial charge >= 0.3 is 0 Å². The van der Waals surface area contributed by atoms with Crippen molar-refractivity contribution >= 4 is 11.8 Å². The zero-order chi connectivity index (χ0) is 10.1. The molecule has 1 aliphatic rings. The first-order valence-corrected chi connectivity index (χ1v) is 4.17. The van der Waals surface area contributed by atoms with Crippen LogP contribution in [0.4, 0.5) is 0 Å². The van der Waals surface area contributed by atoms with Crippen molar-refractivity contribution in [3.63, 3.8) is 0 Å². The van der Waals surface area contributed by atoms with E-state index in [0.29, 0.717) is 11.1 Å². The Morgan fingerprint density at radius 2 is 1.64 bits per heavy atom. The molecule has 2 amide bonds. The summed E-state index contributed by atoms with van der Waals surface area (Å²) in [4.78, 5) is 24.1. The van der Waals surface area contributed by atoms with E-state index in [-0.39, 0.29) is 18.4 Å². The van der Waals surface area contributed by atoms with Gasteiger partial charge in [0.2, 0.25) is 0 Å². The van der Waals surface area contributed by atoms with Crippen LogP contribution in [0.15, 0.2) is 24.3 Å². The Balaban J connectivity index is 2.43. The van der Waals surface area contributed by atoms with Gasteiger partial charge in [-0.2, -0.15) is 0 Å². The van der Waals surface area contributed by atoms with E-state index >= 15 is 0 Å². The van der Waals surface area contributed by atoms with Gasteiger partial charge in [-0.05, 0) is 12.1 Å². The molecule has 4 nitrogen and oxygen atoms in total. The van der Waals surface area contributed by atoms with Crippen LogP contribution in [0.5, 0.6) is 0 Å². The van der Waals surface area contributed by atoms with Gasteiger partial charge in [0.25, 0.3) is 11.8 Å². The molecule has 1 N–H and O–H groups in total. The third-order valence-corrected chi connectivity index (χ3v) is 2.09. The topological polar surface area (TPSA) is 57.6 Å². The van der Waals surface area contributed by atoms with Crippen LogP contribution in [0.3, 0.4) is 0 Å². The molecule has 14 heavy (non-hydrogen) atoms. The predicted octanol–water partition coefficient (Wildman–Crippen LogP) is 0.437. The highest BCUT2D eigenvalue weighted by Gasteiger charge is 2.34. The van der Waals surface area contributed by atoms with E-state index in [0.717, 1.165) is 4.90 Å². The van der Waals surface area contributed by atoms with Crippen molar-refractivity contribution in [1.82, 2.24) is 4.90 Å². The van der Waals surface area contributed by atoms with Crippen LogP contribution in [-0.4, -0.2) is 28.4 Å². The van der Waals surface area contributed by atoms with E-state index < -0.39 is 0 Å². The van der Waals surface area contributed by atoms with Crippen molar-refractivity contribution in [2.45, 2.75) is 0 Å². The average molecular weight is 190 g/mol. The van der Waals surface area contributed by atoms with Crippen molar-refractivity contribution < 1.29 is 14.7 Å². The SMILES string of the molecule is O=C1c2ccccc2C(=O)N1[CH]CO. The molecule has 4 heteroatoms. The smallest absolute Gasteiger partial charge is 0.261 e. The van der Waals surface area contributed by atoms with Crippen LogP contribution in [0, 0.1) is 6.54 Å². The molecule has 1 radical (unpaired) electrons. The lowest BCUT2D eigenvalue weighted by atomic mass is 10.1. The van der Waals surface area contributed by atoms with Crippen molar-refractivity contribution in [3.05, 3.63) is 41.9 Å². The van der Waals surface area contributed by atoms with Gasteiger partial charge in [-0.3, -0.25) is 14.5 Å². The minimum absolute atomic E-state index is 0.328. The Hall–Kier alpha value is -1.68. The number of imide groups is 1. The molecule has 0 bridgehead atoms. The van der Waals surface area contributed by atoms with Crippen LogP contribution >= 0.6 is 0 Å². The van der Waals surface area contributed by atoms with Gasteiger partial charge in [-0.15, -0.1) is 0 Å². The summed E-state index contributed by atoms with van der Waals surface area (Å²) >= 11 is 0. The number of aliphatic hydroxyl groups is 1. The van der Waals surface area contributed by atoms with Gasteiger partial charge in [-0.1, -0.05) is 12.1 Å². The highest BCUT2D eigenvalue weighted by atomic mass is 16.3. The van der Waals surface area contributed by atoms with Crippen LogP contribution in [-0.2, 0) is 0 Å². The number of fused-ring (bicyclic) bond motifs is 1.